The summed E-state index contributed by atoms with van der Waals surface area (Å²) in [4.78, 5) is 4.80. The molecule has 0 spiro atoms. The van der Waals surface area contributed by atoms with Crippen molar-refractivity contribution in [1.82, 2.24) is 0 Å². The molecule has 2 aliphatic heterocycles. The van der Waals surface area contributed by atoms with E-state index in [1.54, 1.807) is 0 Å². The maximum atomic E-state index is 6.41. The van der Waals surface area contributed by atoms with Crippen LogP contribution in [0.5, 0.6) is 11.5 Å². The van der Waals surface area contributed by atoms with Gasteiger partial charge >= 0.3 is 0 Å². The number of ether oxygens (including phenoxy) is 3. The van der Waals surface area contributed by atoms with Gasteiger partial charge in [-0.1, -0.05) is 40.2 Å². The van der Waals surface area contributed by atoms with Crippen LogP contribution in [0.1, 0.15) is 22.8 Å². The van der Waals surface area contributed by atoms with Crippen LogP contribution in [-0.2, 0) is 4.74 Å². The Balaban J connectivity index is 1.68. The number of hydrogen-bond acceptors (Lipinski definition) is 4. The Labute approximate surface area is 179 Å². The molecule has 0 saturated carbocycles. The monoisotopic (exact) mass is 499 g/mol. The average Bonchev–Trinajstić information content (AvgIpc) is 2.72. The molecule has 140 valence electrons. The maximum Gasteiger partial charge on any atom is 0.223 e. The molecule has 0 bridgehead atoms. The Morgan fingerprint density at radius 3 is 2.32 bits per heavy atom. The van der Waals surface area contributed by atoms with Crippen LogP contribution in [0, 0.1) is 0 Å². The molecule has 0 aliphatic carbocycles. The molecule has 0 N–H and O–H groups in total. The van der Waals surface area contributed by atoms with Gasteiger partial charge < -0.3 is 14.2 Å². The molecule has 0 amide bonds. The van der Waals surface area contributed by atoms with Crippen molar-refractivity contribution in [1.29, 1.82) is 0 Å². The number of benzene rings is 3. The third kappa shape index (κ3) is 3.20. The van der Waals surface area contributed by atoms with Crippen molar-refractivity contribution in [2.45, 2.75) is 6.10 Å². The summed E-state index contributed by atoms with van der Waals surface area (Å²) in [6.45, 7) is 1.08. The van der Waals surface area contributed by atoms with Crippen molar-refractivity contribution in [3.63, 3.8) is 0 Å². The van der Waals surface area contributed by atoms with Gasteiger partial charge in [0.1, 0.15) is 13.2 Å². The van der Waals surface area contributed by atoms with E-state index in [1.165, 1.54) is 0 Å². The first-order chi connectivity index (χ1) is 13.7. The molecule has 0 fully saturated rings. The molecule has 2 aliphatic rings. The van der Waals surface area contributed by atoms with Crippen molar-refractivity contribution >= 4 is 43.4 Å². The second-order valence-corrected chi connectivity index (χ2v) is 8.27. The van der Waals surface area contributed by atoms with Crippen molar-refractivity contribution in [3.8, 4) is 11.5 Å². The number of hydrogen-bond donors (Lipinski definition) is 0. The fraction of sp³-hybridized carbons (Fsp3) is 0.136. The van der Waals surface area contributed by atoms with Gasteiger partial charge in [-0.3, -0.25) is 0 Å². The van der Waals surface area contributed by atoms with Crippen LogP contribution >= 0.6 is 31.9 Å². The summed E-state index contributed by atoms with van der Waals surface area (Å²) in [5.41, 5.74) is 3.74. The molecule has 2 heterocycles. The highest BCUT2D eigenvalue weighted by atomic mass is 79.9. The van der Waals surface area contributed by atoms with E-state index in [9.17, 15) is 0 Å². The van der Waals surface area contributed by atoms with E-state index in [0.29, 0.717) is 19.1 Å². The molecule has 0 saturated heterocycles. The fourth-order valence-corrected chi connectivity index (χ4v) is 4.07. The van der Waals surface area contributed by atoms with Crippen LogP contribution in [-0.4, -0.2) is 19.1 Å². The molecule has 1 unspecified atom stereocenters. The number of nitrogens with zero attached hydrogens (tertiary/aromatic N) is 1. The first-order valence-electron chi connectivity index (χ1n) is 8.88. The molecule has 3 aromatic rings. The van der Waals surface area contributed by atoms with Gasteiger partial charge in [0.2, 0.25) is 5.90 Å². The SMILES string of the molecule is Brc1ccc(C2OC(c3ccccc3Br)=Nc3cc4c(cc32)OCCO4)cc1. The van der Waals surface area contributed by atoms with Crippen molar-refractivity contribution < 1.29 is 14.2 Å². The van der Waals surface area contributed by atoms with Crippen LogP contribution in [0.3, 0.4) is 0 Å². The summed E-state index contributed by atoms with van der Waals surface area (Å²) >= 11 is 7.11. The van der Waals surface area contributed by atoms with Gasteiger partial charge in [-0.2, -0.15) is 0 Å². The summed E-state index contributed by atoms with van der Waals surface area (Å²) in [7, 11) is 0. The lowest BCUT2D eigenvalue weighted by atomic mass is 9.97. The summed E-state index contributed by atoms with van der Waals surface area (Å²) in [6.07, 6.45) is -0.293. The van der Waals surface area contributed by atoms with Gasteiger partial charge in [0, 0.05) is 20.6 Å². The number of aliphatic imine (C=N–C) groups is 1. The molecule has 28 heavy (non-hydrogen) atoms. The zero-order valence-corrected chi connectivity index (χ0v) is 17.9. The first kappa shape index (κ1) is 17.8. The minimum atomic E-state index is -0.293. The minimum Gasteiger partial charge on any atom is -0.486 e. The molecule has 0 radical (unpaired) electrons. The second-order valence-electron chi connectivity index (χ2n) is 6.50. The summed E-state index contributed by atoms with van der Waals surface area (Å²) in [6, 6.07) is 20.0. The smallest absolute Gasteiger partial charge is 0.223 e. The number of fused-ring (bicyclic) bond motifs is 2. The van der Waals surface area contributed by atoms with Gasteiger partial charge in [0.05, 0.1) is 11.3 Å². The molecular weight excluding hydrogens is 486 g/mol. The fourth-order valence-electron chi connectivity index (χ4n) is 3.36. The normalized spacial score (nSPS) is 17.4. The predicted molar refractivity (Wildman–Crippen MR) is 115 cm³/mol. The summed E-state index contributed by atoms with van der Waals surface area (Å²) in [5, 5.41) is 0. The van der Waals surface area contributed by atoms with Crippen LogP contribution in [0.15, 0.2) is 74.6 Å². The number of halogens is 2. The van der Waals surface area contributed by atoms with E-state index in [0.717, 1.165) is 42.8 Å². The van der Waals surface area contributed by atoms with Crippen molar-refractivity contribution in [3.05, 3.63) is 86.3 Å². The van der Waals surface area contributed by atoms with Gasteiger partial charge in [-0.15, -0.1) is 0 Å². The predicted octanol–water partition coefficient (Wildman–Crippen LogP) is 6.18. The van der Waals surface area contributed by atoms with E-state index in [-0.39, 0.29) is 6.10 Å². The standard InChI is InChI=1S/C22H15Br2NO3/c23-14-7-5-13(6-8-14)21-16-11-19-20(27-10-9-26-19)12-18(16)25-22(28-21)15-3-1-2-4-17(15)24/h1-8,11-12,21H,9-10H2. The van der Waals surface area contributed by atoms with Crippen LogP contribution in [0.2, 0.25) is 0 Å². The second kappa shape index (κ2) is 7.26. The zero-order valence-electron chi connectivity index (χ0n) is 14.7. The highest BCUT2D eigenvalue weighted by Crippen LogP contribution is 2.45. The summed E-state index contributed by atoms with van der Waals surface area (Å²) in [5.74, 6) is 2.02. The first-order valence-corrected chi connectivity index (χ1v) is 10.5. The Hall–Kier alpha value is -2.31. The van der Waals surface area contributed by atoms with Crippen LogP contribution in [0.4, 0.5) is 5.69 Å². The lowest BCUT2D eigenvalue weighted by molar-refractivity contribution is 0.170. The third-order valence-electron chi connectivity index (χ3n) is 4.70. The number of rotatable bonds is 2. The van der Waals surface area contributed by atoms with E-state index >= 15 is 0 Å². The molecule has 5 rings (SSSR count). The van der Waals surface area contributed by atoms with E-state index in [1.807, 2.05) is 48.5 Å². The van der Waals surface area contributed by atoms with Crippen molar-refractivity contribution in [2.75, 3.05) is 13.2 Å². The summed E-state index contributed by atoms with van der Waals surface area (Å²) < 4.78 is 19.9. The quantitative estimate of drug-likeness (QED) is 0.421. The maximum absolute atomic E-state index is 6.41. The molecular formula is C22H15Br2NO3. The van der Waals surface area contributed by atoms with E-state index in [4.69, 9.17) is 19.2 Å². The van der Waals surface area contributed by atoms with Gasteiger partial charge in [0.15, 0.2) is 17.6 Å². The molecule has 1 atom stereocenters. The third-order valence-corrected chi connectivity index (χ3v) is 5.92. The Kier molecular flexibility index (Phi) is 4.61. The van der Waals surface area contributed by atoms with Gasteiger partial charge in [-0.25, -0.2) is 4.99 Å². The Morgan fingerprint density at radius 2 is 1.57 bits per heavy atom. The largest absolute Gasteiger partial charge is 0.486 e. The topological polar surface area (TPSA) is 40.0 Å². The van der Waals surface area contributed by atoms with Gasteiger partial charge in [0.25, 0.3) is 0 Å². The lowest BCUT2D eigenvalue weighted by Gasteiger charge is -2.29. The average molecular weight is 501 g/mol. The molecule has 3 aromatic carbocycles. The molecule has 4 nitrogen and oxygen atoms in total. The molecule has 6 heteroatoms. The van der Waals surface area contributed by atoms with E-state index in [2.05, 4.69) is 44.0 Å². The van der Waals surface area contributed by atoms with Crippen LogP contribution in [0.25, 0.3) is 0 Å². The highest BCUT2D eigenvalue weighted by molar-refractivity contribution is 9.10. The van der Waals surface area contributed by atoms with Crippen molar-refractivity contribution in [2.24, 2.45) is 4.99 Å². The highest BCUT2D eigenvalue weighted by Gasteiger charge is 2.30. The van der Waals surface area contributed by atoms with Crippen LogP contribution < -0.4 is 9.47 Å². The van der Waals surface area contributed by atoms with Gasteiger partial charge in [-0.05, 0) is 51.8 Å². The Bertz CT molecular complexity index is 1080. The van der Waals surface area contributed by atoms with E-state index < -0.39 is 0 Å². The lowest BCUT2D eigenvalue weighted by Crippen LogP contribution is -2.20. The minimum absolute atomic E-state index is 0.293. The Morgan fingerprint density at radius 1 is 0.857 bits per heavy atom. The molecule has 0 aromatic heterocycles. The zero-order chi connectivity index (χ0) is 19.1.